The average Bonchev–Trinajstić information content (AvgIpc) is 2.73. The Morgan fingerprint density at radius 2 is 1.21 bits per heavy atom. The second-order valence-corrected chi connectivity index (χ2v) is 8.57. The highest BCUT2D eigenvalue weighted by Gasteiger charge is 2.08. The Balaban J connectivity index is 2.32. The molecule has 1 aromatic rings. The molecule has 1 rings (SSSR count). The van der Waals surface area contributed by atoms with Crippen LogP contribution in [-0.2, 0) is 0 Å². The summed E-state index contributed by atoms with van der Waals surface area (Å²) in [5, 5.41) is 3.59. The zero-order valence-electron chi connectivity index (χ0n) is 19.8. The number of nitrogens with one attached hydrogen (secondary N) is 1. The SMILES string of the molecule is CCCCCCCCCCCCNc1cc(N(CCCC)CCCC)ccc1N. The molecule has 0 heterocycles. The van der Waals surface area contributed by atoms with Crippen LogP contribution < -0.4 is 16.0 Å². The van der Waals surface area contributed by atoms with E-state index in [1.54, 1.807) is 0 Å². The van der Waals surface area contributed by atoms with E-state index in [1.807, 2.05) is 0 Å². The first kappa shape index (κ1) is 25.7. The number of rotatable bonds is 19. The van der Waals surface area contributed by atoms with Gasteiger partial charge in [0.15, 0.2) is 0 Å². The zero-order chi connectivity index (χ0) is 21.2. The molecule has 0 fully saturated rings. The van der Waals surface area contributed by atoms with Crippen molar-refractivity contribution < 1.29 is 0 Å². The molecule has 0 aliphatic heterocycles. The van der Waals surface area contributed by atoms with Crippen LogP contribution in [-0.4, -0.2) is 19.6 Å². The lowest BCUT2D eigenvalue weighted by atomic mass is 10.1. The van der Waals surface area contributed by atoms with E-state index in [-0.39, 0.29) is 0 Å². The third-order valence-electron chi connectivity index (χ3n) is 5.81. The number of anilines is 3. The van der Waals surface area contributed by atoms with Gasteiger partial charge in [-0.2, -0.15) is 0 Å². The second-order valence-electron chi connectivity index (χ2n) is 8.57. The van der Waals surface area contributed by atoms with Crippen LogP contribution in [0.4, 0.5) is 17.1 Å². The average molecular weight is 404 g/mol. The number of benzene rings is 1. The molecule has 3 heteroatoms. The van der Waals surface area contributed by atoms with Crippen molar-refractivity contribution in [3.8, 4) is 0 Å². The lowest BCUT2D eigenvalue weighted by molar-refractivity contribution is 0.560. The Morgan fingerprint density at radius 1 is 0.690 bits per heavy atom. The fraction of sp³-hybridized carbons (Fsp3) is 0.769. The number of nitrogens with zero attached hydrogens (tertiary/aromatic N) is 1. The van der Waals surface area contributed by atoms with Gasteiger partial charge in [0.25, 0.3) is 0 Å². The molecule has 168 valence electrons. The van der Waals surface area contributed by atoms with Crippen molar-refractivity contribution in [2.24, 2.45) is 0 Å². The van der Waals surface area contributed by atoms with Gasteiger partial charge in [0.1, 0.15) is 0 Å². The monoisotopic (exact) mass is 403 g/mol. The number of hydrogen-bond donors (Lipinski definition) is 2. The van der Waals surface area contributed by atoms with E-state index in [0.29, 0.717) is 0 Å². The summed E-state index contributed by atoms with van der Waals surface area (Å²) < 4.78 is 0. The molecule has 0 aliphatic rings. The standard InChI is InChI=1S/C26H49N3/c1-4-7-10-11-12-13-14-15-16-17-20-28-26-23-24(18-19-25(26)27)29(21-8-5-2)22-9-6-3/h18-19,23,28H,4-17,20-22,27H2,1-3H3. The molecule has 0 spiro atoms. The minimum absolute atomic E-state index is 0.867. The predicted octanol–water partition coefficient (Wildman–Crippen LogP) is 8.01. The molecule has 0 aliphatic carbocycles. The van der Waals surface area contributed by atoms with E-state index in [1.165, 1.54) is 95.6 Å². The Kier molecular flexibility index (Phi) is 15.5. The van der Waals surface area contributed by atoms with E-state index in [2.05, 4.69) is 49.2 Å². The topological polar surface area (TPSA) is 41.3 Å². The third-order valence-corrected chi connectivity index (χ3v) is 5.81. The van der Waals surface area contributed by atoms with Crippen LogP contribution in [0.5, 0.6) is 0 Å². The molecular formula is C26H49N3. The van der Waals surface area contributed by atoms with Crippen LogP contribution in [0.2, 0.25) is 0 Å². The van der Waals surface area contributed by atoms with Crippen molar-refractivity contribution in [1.82, 2.24) is 0 Å². The van der Waals surface area contributed by atoms with Crippen molar-refractivity contribution >= 4 is 17.1 Å². The predicted molar refractivity (Wildman–Crippen MR) is 133 cm³/mol. The van der Waals surface area contributed by atoms with Gasteiger partial charge in [-0.25, -0.2) is 0 Å². The summed E-state index contributed by atoms with van der Waals surface area (Å²) in [6, 6.07) is 6.52. The number of hydrogen-bond acceptors (Lipinski definition) is 3. The van der Waals surface area contributed by atoms with Gasteiger partial charge in [0.05, 0.1) is 11.4 Å². The minimum atomic E-state index is 0.867. The first-order valence-electron chi connectivity index (χ1n) is 12.6. The highest BCUT2D eigenvalue weighted by molar-refractivity contribution is 5.72. The Labute approximate surface area is 181 Å². The van der Waals surface area contributed by atoms with Gasteiger partial charge >= 0.3 is 0 Å². The molecule has 0 amide bonds. The molecule has 0 saturated carbocycles. The molecular weight excluding hydrogens is 354 g/mol. The summed E-state index contributed by atoms with van der Waals surface area (Å²) in [6.45, 7) is 10.1. The third kappa shape index (κ3) is 12.0. The highest BCUT2D eigenvalue weighted by Crippen LogP contribution is 2.26. The Morgan fingerprint density at radius 3 is 1.76 bits per heavy atom. The van der Waals surface area contributed by atoms with Gasteiger partial charge in [0, 0.05) is 25.3 Å². The smallest absolute Gasteiger partial charge is 0.0594 e. The van der Waals surface area contributed by atoms with E-state index in [0.717, 1.165) is 31.0 Å². The normalized spacial score (nSPS) is 11.0. The zero-order valence-corrected chi connectivity index (χ0v) is 19.8. The number of nitrogens with two attached hydrogens (primary N) is 1. The van der Waals surface area contributed by atoms with Crippen LogP contribution >= 0.6 is 0 Å². The molecule has 0 radical (unpaired) electrons. The minimum Gasteiger partial charge on any atom is -0.397 e. The van der Waals surface area contributed by atoms with Gasteiger partial charge in [-0.1, -0.05) is 91.4 Å². The van der Waals surface area contributed by atoms with Crippen LogP contribution in [0, 0.1) is 0 Å². The summed E-state index contributed by atoms with van der Waals surface area (Å²) in [4.78, 5) is 2.53. The molecule has 3 N–H and O–H groups in total. The van der Waals surface area contributed by atoms with Crippen LogP contribution in [0.25, 0.3) is 0 Å². The summed E-state index contributed by atoms with van der Waals surface area (Å²) in [7, 11) is 0. The maximum atomic E-state index is 6.24. The molecule has 3 nitrogen and oxygen atoms in total. The number of unbranched alkanes of at least 4 members (excludes halogenated alkanes) is 11. The van der Waals surface area contributed by atoms with E-state index in [9.17, 15) is 0 Å². The largest absolute Gasteiger partial charge is 0.397 e. The van der Waals surface area contributed by atoms with Gasteiger partial charge in [0.2, 0.25) is 0 Å². The fourth-order valence-corrected chi connectivity index (χ4v) is 3.80. The molecule has 0 unspecified atom stereocenters. The van der Waals surface area contributed by atoms with Crippen molar-refractivity contribution in [3.63, 3.8) is 0 Å². The van der Waals surface area contributed by atoms with E-state index in [4.69, 9.17) is 5.73 Å². The molecule has 0 atom stereocenters. The van der Waals surface area contributed by atoms with Crippen LogP contribution in [0.1, 0.15) is 111 Å². The molecule has 1 aromatic carbocycles. The maximum absolute atomic E-state index is 6.24. The molecule has 0 bridgehead atoms. The Hall–Kier alpha value is -1.38. The van der Waals surface area contributed by atoms with E-state index >= 15 is 0 Å². The summed E-state index contributed by atoms with van der Waals surface area (Å²) >= 11 is 0. The summed E-state index contributed by atoms with van der Waals surface area (Å²) in [5.41, 5.74) is 9.53. The van der Waals surface area contributed by atoms with Crippen LogP contribution in [0.15, 0.2) is 18.2 Å². The van der Waals surface area contributed by atoms with Crippen molar-refractivity contribution in [2.75, 3.05) is 35.6 Å². The maximum Gasteiger partial charge on any atom is 0.0594 e. The van der Waals surface area contributed by atoms with Gasteiger partial charge < -0.3 is 16.0 Å². The first-order chi connectivity index (χ1) is 14.2. The summed E-state index contributed by atoms with van der Waals surface area (Å²) in [5.74, 6) is 0. The van der Waals surface area contributed by atoms with Crippen molar-refractivity contribution in [1.29, 1.82) is 0 Å². The lowest BCUT2D eigenvalue weighted by Gasteiger charge is -2.26. The van der Waals surface area contributed by atoms with Gasteiger partial charge in [-0.05, 0) is 37.5 Å². The van der Waals surface area contributed by atoms with Gasteiger partial charge in [-0.15, -0.1) is 0 Å². The van der Waals surface area contributed by atoms with Crippen molar-refractivity contribution in [2.45, 2.75) is 111 Å². The second kappa shape index (κ2) is 17.5. The molecule has 0 aromatic heterocycles. The fourth-order valence-electron chi connectivity index (χ4n) is 3.80. The quantitative estimate of drug-likeness (QED) is 0.181. The first-order valence-corrected chi connectivity index (χ1v) is 12.6. The molecule has 29 heavy (non-hydrogen) atoms. The van der Waals surface area contributed by atoms with Crippen LogP contribution in [0.3, 0.4) is 0 Å². The van der Waals surface area contributed by atoms with Crippen molar-refractivity contribution in [3.05, 3.63) is 18.2 Å². The number of nitrogen functional groups attached to an aromatic ring is 1. The molecule has 0 saturated heterocycles. The van der Waals surface area contributed by atoms with E-state index < -0.39 is 0 Å². The Bertz CT molecular complexity index is 493. The summed E-state index contributed by atoms with van der Waals surface area (Å²) in [6.07, 6.45) is 18.7. The highest BCUT2D eigenvalue weighted by atomic mass is 15.1. The lowest BCUT2D eigenvalue weighted by Crippen LogP contribution is -2.25. The van der Waals surface area contributed by atoms with Gasteiger partial charge in [-0.3, -0.25) is 0 Å².